The Morgan fingerprint density at radius 3 is 1.69 bits per heavy atom. The molecule has 3 N–H and O–H groups in total. The lowest BCUT2D eigenvalue weighted by Crippen LogP contribution is -2.39. The summed E-state index contributed by atoms with van der Waals surface area (Å²) in [6, 6.07) is -0.538. The smallest absolute Gasteiger partial charge is 0.220 e. The van der Waals surface area contributed by atoms with E-state index in [1.54, 1.807) is 0 Å². The Morgan fingerprint density at radius 1 is 0.724 bits per heavy atom. The Morgan fingerprint density at radius 2 is 1.21 bits per heavy atom. The lowest BCUT2D eigenvalue weighted by Gasteiger charge is -2.12. The minimum atomic E-state index is -0.538. The maximum Gasteiger partial charge on any atom is 0.220 e. The van der Waals surface area contributed by atoms with Crippen LogP contribution in [0.2, 0.25) is 0 Å². The van der Waals surface area contributed by atoms with Crippen LogP contribution in [0.4, 0.5) is 0 Å². The largest absolute Gasteiger partial charge is 0.394 e. The van der Waals surface area contributed by atoms with Crippen molar-refractivity contribution < 1.29 is 15.0 Å². The quantitative estimate of drug-likeness (QED) is 0.219. The van der Waals surface area contributed by atoms with Crippen molar-refractivity contribution in [1.29, 1.82) is 0 Å². The molecule has 164 valence electrons. The number of aliphatic hydroxyl groups is 2. The van der Waals surface area contributed by atoms with E-state index in [9.17, 15) is 4.79 Å². The van der Waals surface area contributed by atoms with Crippen molar-refractivity contribution in [1.82, 2.24) is 5.32 Å². The molecule has 0 saturated carbocycles. The summed E-state index contributed by atoms with van der Waals surface area (Å²) in [5.74, 6) is -0.104. The Kier molecular flexibility index (Phi) is 20.9. The number of hydrogen-bond donors (Lipinski definition) is 3. The van der Waals surface area contributed by atoms with Crippen molar-refractivity contribution in [2.45, 2.75) is 77.2 Å². The number of aliphatic hydroxyl groups excluding tert-OH is 2. The summed E-state index contributed by atoms with van der Waals surface area (Å²) in [5, 5.41) is 20.4. The van der Waals surface area contributed by atoms with E-state index < -0.39 is 6.04 Å². The molecule has 0 spiro atoms. The van der Waals surface area contributed by atoms with Crippen molar-refractivity contribution in [2.75, 3.05) is 13.2 Å². The molecule has 0 unspecified atom stereocenters. The van der Waals surface area contributed by atoms with Crippen LogP contribution in [-0.2, 0) is 4.79 Å². The second kappa shape index (κ2) is 22.4. The number of rotatable bonds is 18. The van der Waals surface area contributed by atoms with Crippen molar-refractivity contribution in [3.8, 4) is 0 Å². The van der Waals surface area contributed by atoms with Gasteiger partial charge >= 0.3 is 0 Å². The standard InChI is InChI=1S/C25H41NO3/c1-2-3-4-5-6-7-8-9-10-11-12-13-14-15-16-17-18-19-20-21-25(29)26-24(22-27)23-28/h3-4,6-7,9-10,12-13,15-16,24,27-28H,2,5,8,11,14,17-23H2,1H3,(H,26,29)/b4-3-,7-6-,10-9-,13-12-,16-15-. The van der Waals surface area contributed by atoms with Gasteiger partial charge in [0, 0.05) is 6.42 Å². The Balaban J connectivity index is 3.52. The van der Waals surface area contributed by atoms with Crippen LogP contribution in [-0.4, -0.2) is 35.4 Å². The fourth-order valence-corrected chi connectivity index (χ4v) is 2.54. The summed E-state index contributed by atoms with van der Waals surface area (Å²) in [5.41, 5.74) is 0. The van der Waals surface area contributed by atoms with E-state index in [2.05, 4.69) is 73.0 Å². The lowest BCUT2D eigenvalue weighted by molar-refractivity contribution is -0.122. The van der Waals surface area contributed by atoms with Crippen LogP contribution in [0, 0.1) is 0 Å². The molecule has 0 radical (unpaired) electrons. The lowest BCUT2D eigenvalue weighted by atomic mass is 10.1. The van der Waals surface area contributed by atoms with Gasteiger partial charge in [-0.25, -0.2) is 0 Å². The van der Waals surface area contributed by atoms with Gasteiger partial charge < -0.3 is 15.5 Å². The van der Waals surface area contributed by atoms with Crippen molar-refractivity contribution >= 4 is 5.91 Å². The third kappa shape index (κ3) is 20.6. The topological polar surface area (TPSA) is 69.6 Å². The molecule has 0 heterocycles. The first-order valence-corrected chi connectivity index (χ1v) is 11.0. The van der Waals surface area contributed by atoms with Crippen LogP contribution in [0.5, 0.6) is 0 Å². The molecule has 0 bridgehead atoms. The minimum Gasteiger partial charge on any atom is -0.394 e. The number of carbonyl (C=O) groups excluding carboxylic acids is 1. The molecular weight excluding hydrogens is 362 g/mol. The first-order chi connectivity index (χ1) is 14.2. The van der Waals surface area contributed by atoms with E-state index in [0.29, 0.717) is 6.42 Å². The number of nitrogens with one attached hydrogen (secondary N) is 1. The molecule has 4 heteroatoms. The molecule has 0 aliphatic carbocycles. The monoisotopic (exact) mass is 403 g/mol. The normalized spacial score (nSPS) is 12.7. The molecule has 0 fully saturated rings. The molecule has 0 aromatic rings. The van der Waals surface area contributed by atoms with Crippen LogP contribution < -0.4 is 5.32 Å². The summed E-state index contributed by atoms with van der Waals surface area (Å²) in [7, 11) is 0. The van der Waals surface area contributed by atoms with Crippen LogP contribution >= 0.6 is 0 Å². The van der Waals surface area contributed by atoms with Gasteiger partial charge in [-0.05, 0) is 51.4 Å². The summed E-state index contributed by atoms with van der Waals surface area (Å²) >= 11 is 0. The van der Waals surface area contributed by atoms with Gasteiger partial charge in [-0.1, -0.05) is 74.1 Å². The molecule has 0 aromatic carbocycles. The summed E-state index contributed by atoms with van der Waals surface area (Å²) < 4.78 is 0. The molecule has 29 heavy (non-hydrogen) atoms. The van der Waals surface area contributed by atoms with Crippen LogP contribution in [0.3, 0.4) is 0 Å². The zero-order valence-corrected chi connectivity index (χ0v) is 18.1. The average Bonchev–Trinajstić information content (AvgIpc) is 2.73. The van der Waals surface area contributed by atoms with Crippen LogP contribution in [0.1, 0.15) is 71.1 Å². The first kappa shape index (κ1) is 27.1. The number of amides is 1. The molecular formula is C25H41NO3. The molecule has 0 saturated heterocycles. The highest BCUT2D eigenvalue weighted by molar-refractivity contribution is 5.76. The summed E-state index contributed by atoms with van der Waals surface area (Å²) in [6.07, 6.45) is 31.4. The highest BCUT2D eigenvalue weighted by Crippen LogP contribution is 2.04. The van der Waals surface area contributed by atoms with Crippen molar-refractivity contribution in [3.63, 3.8) is 0 Å². The molecule has 0 aliphatic rings. The highest BCUT2D eigenvalue weighted by atomic mass is 16.3. The summed E-state index contributed by atoms with van der Waals surface area (Å²) in [4.78, 5) is 11.6. The Hall–Kier alpha value is -1.91. The van der Waals surface area contributed by atoms with E-state index in [1.165, 1.54) is 0 Å². The molecule has 0 rings (SSSR count). The third-order valence-corrected chi connectivity index (χ3v) is 4.24. The number of carbonyl (C=O) groups is 1. The molecule has 4 nitrogen and oxygen atoms in total. The van der Waals surface area contributed by atoms with Crippen LogP contribution in [0.25, 0.3) is 0 Å². The van der Waals surface area contributed by atoms with E-state index in [0.717, 1.165) is 57.8 Å². The zero-order chi connectivity index (χ0) is 21.4. The van der Waals surface area contributed by atoms with E-state index in [1.807, 2.05) is 0 Å². The highest BCUT2D eigenvalue weighted by Gasteiger charge is 2.08. The van der Waals surface area contributed by atoms with Crippen LogP contribution in [0.15, 0.2) is 60.8 Å². The average molecular weight is 404 g/mol. The van der Waals surface area contributed by atoms with Gasteiger partial charge in [-0.2, -0.15) is 0 Å². The second-order valence-corrected chi connectivity index (χ2v) is 6.94. The van der Waals surface area contributed by atoms with Crippen molar-refractivity contribution in [3.05, 3.63) is 60.8 Å². The van der Waals surface area contributed by atoms with E-state index >= 15 is 0 Å². The Bertz CT molecular complexity index is 514. The molecule has 0 atom stereocenters. The van der Waals surface area contributed by atoms with Gasteiger partial charge in [0.05, 0.1) is 19.3 Å². The Labute approximate surface area is 177 Å². The number of allylic oxidation sites excluding steroid dienone is 10. The minimum absolute atomic E-state index is 0.104. The number of hydrogen-bond acceptors (Lipinski definition) is 3. The predicted octanol–water partition coefficient (Wildman–Crippen LogP) is 5.16. The maximum atomic E-state index is 11.6. The zero-order valence-electron chi connectivity index (χ0n) is 18.1. The van der Waals surface area contributed by atoms with Gasteiger partial charge in [0.2, 0.25) is 5.91 Å². The fourth-order valence-electron chi connectivity index (χ4n) is 2.54. The van der Waals surface area contributed by atoms with Gasteiger partial charge in [-0.15, -0.1) is 0 Å². The first-order valence-electron chi connectivity index (χ1n) is 11.0. The SMILES string of the molecule is CC/C=C\C/C=C\C/C=C\C/C=C\C/C=C\CCCCCC(=O)NC(CO)CO. The predicted molar refractivity (Wildman–Crippen MR) is 124 cm³/mol. The van der Waals surface area contributed by atoms with Gasteiger partial charge in [0.1, 0.15) is 0 Å². The van der Waals surface area contributed by atoms with Gasteiger partial charge in [-0.3, -0.25) is 4.79 Å². The molecule has 0 aromatic heterocycles. The summed E-state index contributed by atoms with van der Waals surface area (Å²) in [6.45, 7) is 1.69. The van der Waals surface area contributed by atoms with E-state index in [-0.39, 0.29) is 19.1 Å². The van der Waals surface area contributed by atoms with Gasteiger partial charge in [0.15, 0.2) is 0 Å². The fraction of sp³-hybridized carbons (Fsp3) is 0.560. The van der Waals surface area contributed by atoms with Crippen molar-refractivity contribution in [2.24, 2.45) is 0 Å². The second-order valence-electron chi connectivity index (χ2n) is 6.94. The molecule has 0 aliphatic heterocycles. The maximum absolute atomic E-state index is 11.6. The van der Waals surface area contributed by atoms with Gasteiger partial charge in [0.25, 0.3) is 0 Å². The molecule has 1 amide bonds. The number of unbranched alkanes of at least 4 members (excludes halogenated alkanes) is 3. The van der Waals surface area contributed by atoms with E-state index in [4.69, 9.17) is 10.2 Å². The third-order valence-electron chi connectivity index (χ3n) is 4.24.